The van der Waals surface area contributed by atoms with E-state index < -0.39 is 0 Å². The molecule has 5 nitrogen and oxygen atoms in total. The van der Waals surface area contributed by atoms with Crippen LogP contribution in [-0.4, -0.2) is 23.2 Å². The quantitative estimate of drug-likeness (QED) is 0.611. The molecule has 2 aromatic rings. The lowest BCUT2D eigenvalue weighted by Gasteiger charge is -2.01. The number of hydrogen-bond acceptors (Lipinski definition) is 4. The summed E-state index contributed by atoms with van der Waals surface area (Å²) in [4.78, 5) is 0. The minimum Gasteiger partial charge on any atom is -0.484 e. The van der Waals surface area contributed by atoms with E-state index in [0.29, 0.717) is 12.8 Å². The summed E-state index contributed by atoms with van der Waals surface area (Å²) in [5.41, 5.74) is 1.89. The van der Waals surface area contributed by atoms with Gasteiger partial charge < -0.3 is 9.15 Å². The molecule has 2 rings (SSSR count). The Balaban J connectivity index is 2.11. The highest BCUT2D eigenvalue weighted by atomic mass is 16.5. The summed E-state index contributed by atoms with van der Waals surface area (Å²) < 4.78 is 10.1. The molecule has 0 aliphatic heterocycles. The molecular weight excluding hydrogens is 206 g/mol. The largest absolute Gasteiger partial charge is 0.484 e. The normalized spacial score (nSPS) is 10.3. The molecule has 0 saturated carbocycles. The molecule has 0 aromatic carbocycles. The van der Waals surface area contributed by atoms with Crippen LogP contribution in [0.5, 0.6) is 0 Å². The summed E-state index contributed by atoms with van der Waals surface area (Å²) >= 11 is 0. The first-order chi connectivity index (χ1) is 7.81. The number of ether oxygens (including phenoxy) is 1. The van der Waals surface area contributed by atoms with Gasteiger partial charge in [0.2, 0.25) is 0 Å². The fraction of sp³-hybridized carbons (Fsp3) is 0.273. The predicted octanol–water partition coefficient (Wildman–Crippen LogP) is 2.23. The number of methoxy groups -OCH3 is 1. The molecule has 2 N–H and O–H groups in total. The molecule has 0 aliphatic rings. The van der Waals surface area contributed by atoms with Gasteiger partial charge in [-0.2, -0.15) is 5.10 Å². The number of nitrogens with one attached hydrogen (secondary N) is 2. The Labute approximate surface area is 92.9 Å². The number of aryl methyl sites for hydroxylation is 1. The van der Waals surface area contributed by atoms with E-state index in [0.717, 1.165) is 17.0 Å². The first-order valence-electron chi connectivity index (χ1n) is 4.99. The van der Waals surface area contributed by atoms with Crippen LogP contribution >= 0.6 is 0 Å². The van der Waals surface area contributed by atoms with Crippen LogP contribution < -0.4 is 0 Å². The molecule has 0 atom stereocenters. The van der Waals surface area contributed by atoms with Crippen molar-refractivity contribution in [3.63, 3.8) is 0 Å². The molecule has 0 amide bonds. The van der Waals surface area contributed by atoms with Crippen LogP contribution in [0.1, 0.15) is 12.0 Å². The first kappa shape index (κ1) is 10.5. The fourth-order valence-corrected chi connectivity index (χ4v) is 1.49. The van der Waals surface area contributed by atoms with E-state index in [1.54, 1.807) is 12.5 Å². The summed E-state index contributed by atoms with van der Waals surface area (Å²) in [5.74, 6) is 1.03. The van der Waals surface area contributed by atoms with Gasteiger partial charge in [0, 0.05) is 12.0 Å². The van der Waals surface area contributed by atoms with E-state index in [4.69, 9.17) is 14.6 Å². The number of aromatic amines is 1. The third kappa shape index (κ3) is 2.13. The van der Waals surface area contributed by atoms with Gasteiger partial charge in [0.15, 0.2) is 11.7 Å². The standard InChI is InChI=1S/C11H13N3O2/c1-15-10(12)5-4-8-7-13-14-11(8)9-3-2-6-16-9/h2-3,6-7,12H,4-5H2,1H3,(H,13,14). The molecule has 84 valence electrons. The van der Waals surface area contributed by atoms with Crippen molar-refractivity contribution in [2.24, 2.45) is 0 Å². The summed E-state index contributed by atoms with van der Waals surface area (Å²) in [5, 5.41) is 14.3. The summed E-state index contributed by atoms with van der Waals surface area (Å²) in [6.45, 7) is 0. The first-order valence-corrected chi connectivity index (χ1v) is 4.99. The van der Waals surface area contributed by atoms with Crippen LogP contribution in [0.15, 0.2) is 29.0 Å². The zero-order valence-electron chi connectivity index (χ0n) is 8.99. The van der Waals surface area contributed by atoms with E-state index in [2.05, 4.69) is 10.2 Å². The minimum absolute atomic E-state index is 0.270. The van der Waals surface area contributed by atoms with E-state index in [-0.39, 0.29) is 5.90 Å². The Morgan fingerprint density at radius 1 is 1.62 bits per heavy atom. The second-order valence-corrected chi connectivity index (χ2v) is 3.37. The lowest BCUT2D eigenvalue weighted by molar-refractivity contribution is 0.386. The van der Waals surface area contributed by atoms with Gasteiger partial charge in [-0.1, -0.05) is 0 Å². The van der Waals surface area contributed by atoms with Crippen LogP contribution in [0.2, 0.25) is 0 Å². The highest BCUT2D eigenvalue weighted by molar-refractivity contribution is 5.73. The second kappa shape index (κ2) is 4.65. The fourth-order valence-electron chi connectivity index (χ4n) is 1.49. The van der Waals surface area contributed by atoms with Crippen molar-refractivity contribution in [2.45, 2.75) is 12.8 Å². The Bertz CT molecular complexity index is 459. The molecule has 0 fully saturated rings. The Hall–Kier alpha value is -2.04. The highest BCUT2D eigenvalue weighted by Gasteiger charge is 2.10. The van der Waals surface area contributed by atoms with Crippen LogP contribution in [-0.2, 0) is 11.2 Å². The molecule has 2 aromatic heterocycles. The van der Waals surface area contributed by atoms with Crippen molar-refractivity contribution in [1.82, 2.24) is 10.2 Å². The van der Waals surface area contributed by atoms with Gasteiger partial charge in [-0.15, -0.1) is 0 Å². The van der Waals surface area contributed by atoms with Crippen molar-refractivity contribution < 1.29 is 9.15 Å². The predicted molar refractivity (Wildman–Crippen MR) is 59.3 cm³/mol. The average molecular weight is 219 g/mol. The number of H-pyrrole nitrogens is 1. The molecule has 5 heteroatoms. The average Bonchev–Trinajstić information content (AvgIpc) is 2.95. The van der Waals surface area contributed by atoms with Crippen molar-refractivity contribution in [3.8, 4) is 11.5 Å². The highest BCUT2D eigenvalue weighted by Crippen LogP contribution is 2.22. The van der Waals surface area contributed by atoms with E-state index >= 15 is 0 Å². The Kier molecular flexibility index (Phi) is 3.05. The molecule has 0 aliphatic carbocycles. The molecule has 2 heterocycles. The van der Waals surface area contributed by atoms with Gasteiger partial charge in [0.25, 0.3) is 0 Å². The number of furan rings is 1. The van der Waals surface area contributed by atoms with Gasteiger partial charge in [0.1, 0.15) is 5.69 Å². The van der Waals surface area contributed by atoms with Crippen LogP contribution in [0.3, 0.4) is 0 Å². The maximum absolute atomic E-state index is 7.41. The molecule has 0 bridgehead atoms. The third-order valence-electron chi connectivity index (χ3n) is 2.35. The number of hydrogen-bond donors (Lipinski definition) is 2. The maximum atomic E-state index is 7.41. The Morgan fingerprint density at radius 3 is 3.19 bits per heavy atom. The van der Waals surface area contributed by atoms with Gasteiger partial charge in [0.05, 0.1) is 19.6 Å². The summed E-state index contributed by atoms with van der Waals surface area (Å²) in [6, 6.07) is 3.70. The molecule has 16 heavy (non-hydrogen) atoms. The van der Waals surface area contributed by atoms with Crippen LogP contribution in [0.25, 0.3) is 11.5 Å². The lowest BCUT2D eigenvalue weighted by atomic mass is 10.1. The van der Waals surface area contributed by atoms with E-state index in [9.17, 15) is 0 Å². The number of rotatable bonds is 4. The molecule has 0 saturated heterocycles. The molecule has 0 radical (unpaired) electrons. The zero-order chi connectivity index (χ0) is 11.4. The van der Waals surface area contributed by atoms with Crippen molar-refractivity contribution in [1.29, 1.82) is 5.41 Å². The summed E-state index contributed by atoms with van der Waals surface area (Å²) in [7, 11) is 1.51. The lowest BCUT2D eigenvalue weighted by Crippen LogP contribution is -2.01. The van der Waals surface area contributed by atoms with Crippen LogP contribution in [0, 0.1) is 5.41 Å². The second-order valence-electron chi connectivity index (χ2n) is 3.37. The topological polar surface area (TPSA) is 74.9 Å². The monoisotopic (exact) mass is 219 g/mol. The van der Waals surface area contributed by atoms with E-state index in [1.807, 2.05) is 12.1 Å². The maximum Gasteiger partial charge on any atom is 0.180 e. The van der Waals surface area contributed by atoms with Gasteiger partial charge in [-0.3, -0.25) is 10.5 Å². The van der Waals surface area contributed by atoms with Crippen molar-refractivity contribution in [3.05, 3.63) is 30.2 Å². The zero-order valence-corrected chi connectivity index (χ0v) is 8.99. The molecule has 0 unspecified atom stereocenters. The van der Waals surface area contributed by atoms with Gasteiger partial charge in [-0.25, -0.2) is 0 Å². The van der Waals surface area contributed by atoms with Crippen LogP contribution in [0.4, 0.5) is 0 Å². The van der Waals surface area contributed by atoms with Crippen molar-refractivity contribution in [2.75, 3.05) is 7.11 Å². The van der Waals surface area contributed by atoms with E-state index in [1.165, 1.54) is 7.11 Å². The minimum atomic E-state index is 0.270. The number of nitrogens with zero attached hydrogens (tertiary/aromatic N) is 1. The molecule has 0 spiro atoms. The van der Waals surface area contributed by atoms with Gasteiger partial charge in [-0.05, 0) is 18.6 Å². The SMILES string of the molecule is COC(=N)CCc1cn[nH]c1-c1ccco1. The van der Waals surface area contributed by atoms with Crippen molar-refractivity contribution >= 4 is 5.90 Å². The number of aromatic nitrogens is 2. The Morgan fingerprint density at radius 2 is 2.50 bits per heavy atom. The van der Waals surface area contributed by atoms with Gasteiger partial charge >= 0.3 is 0 Å². The molecular formula is C11H13N3O2. The summed E-state index contributed by atoms with van der Waals surface area (Å²) in [6.07, 6.45) is 4.64. The third-order valence-corrected chi connectivity index (χ3v) is 2.35. The smallest absolute Gasteiger partial charge is 0.180 e.